The molecule has 0 radical (unpaired) electrons. The Bertz CT molecular complexity index is 599. The molecule has 23 heavy (non-hydrogen) atoms. The van der Waals surface area contributed by atoms with Crippen molar-refractivity contribution in [3.8, 4) is 0 Å². The monoisotopic (exact) mass is 344 g/mol. The van der Waals surface area contributed by atoms with E-state index in [2.05, 4.69) is 13.8 Å². The maximum Gasteiger partial charge on any atom is 0.416 e. The summed E-state index contributed by atoms with van der Waals surface area (Å²) >= 11 is 6.45. The first-order valence-electron chi connectivity index (χ1n) is 8.16. The van der Waals surface area contributed by atoms with Crippen molar-refractivity contribution in [1.29, 1.82) is 0 Å². The lowest BCUT2D eigenvalue weighted by molar-refractivity contribution is -0.138. The Labute approximate surface area is 141 Å². The lowest BCUT2D eigenvalue weighted by Crippen LogP contribution is -2.19. The van der Waals surface area contributed by atoms with Gasteiger partial charge in [-0.05, 0) is 61.1 Å². The van der Waals surface area contributed by atoms with Crippen molar-refractivity contribution in [2.24, 2.45) is 11.8 Å². The van der Waals surface area contributed by atoms with Gasteiger partial charge >= 0.3 is 6.18 Å². The van der Waals surface area contributed by atoms with E-state index in [0.717, 1.165) is 22.6 Å². The third-order valence-electron chi connectivity index (χ3n) is 5.13. The molecule has 1 aliphatic rings. The van der Waals surface area contributed by atoms with E-state index in [-0.39, 0.29) is 11.8 Å². The third-order valence-corrected chi connectivity index (χ3v) is 5.61. The van der Waals surface area contributed by atoms with Crippen LogP contribution in [0.25, 0.3) is 0 Å². The molecule has 128 valence electrons. The van der Waals surface area contributed by atoms with E-state index >= 15 is 0 Å². The lowest BCUT2D eigenvalue weighted by atomic mass is 9.76. The molecule has 0 heterocycles. The highest BCUT2D eigenvalue weighted by Crippen LogP contribution is 2.43. The lowest BCUT2D eigenvalue weighted by Gasteiger charge is -2.29. The van der Waals surface area contributed by atoms with Crippen molar-refractivity contribution in [1.82, 2.24) is 0 Å². The molecule has 0 spiro atoms. The van der Waals surface area contributed by atoms with Crippen molar-refractivity contribution >= 4 is 11.6 Å². The van der Waals surface area contributed by atoms with Crippen molar-refractivity contribution in [3.05, 3.63) is 45.5 Å². The number of hydrogen-bond acceptors (Lipinski definition) is 0. The predicted octanol–water partition coefficient (Wildman–Crippen LogP) is 6.93. The van der Waals surface area contributed by atoms with E-state index < -0.39 is 11.7 Å². The Morgan fingerprint density at radius 3 is 2.39 bits per heavy atom. The molecule has 1 aliphatic carbocycles. The van der Waals surface area contributed by atoms with Gasteiger partial charge < -0.3 is 0 Å². The minimum absolute atomic E-state index is 0.0481. The first-order chi connectivity index (χ1) is 10.6. The highest BCUT2D eigenvalue weighted by Gasteiger charge is 2.36. The van der Waals surface area contributed by atoms with Gasteiger partial charge in [0.1, 0.15) is 0 Å². The van der Waals surface area contributed by atoms with E-state index in [1.807, 2.05) is 19.9 Å². The zero-order valence-corrected chi connectivity index (χ0v) is 14.9. The van der Waals surface area contributed by atoms with Gasteiger partial charge in [-0.25, -0.2) is 0 Å². The molecule has 0 nitrogen and oxygen atoms in total. The molecule has 2 atom stereocenters. The van der Waals surface area contributed by atoms with E-state index in [0.29, 0.717) is 24.3 Å². The fraction of sp³-hybridized carbons (Fsp3) is 0.579. The Morgan fingerprint density at radius 1 is 1.17 bits per heavy atom. The predicted molar refractivity (Wildman–Crippen MR) is 89.7 cm³/mol. The van der Waals surface area contributed by atoms with Crippen LogP contribution in [0.2, 0.25) is 0 Å². The molecule has 4 heteroatoms. The van der Waals surface area contributed by atoms with E-state index in [1.165, 1.54) is 12.1 Å². The highest BCUT2D eigenvalue weighted by molar-refractivity contribution is 6.29. The van der Waals surface area contributed by atoms with E-state index in [1.54, 1.807) is 0 Å². The summed E-state index contributed by atoms with van der Waals surface area (Å²) in [4.78, 5) is 0. The van der Waals surface area contributed by atoms with Crippen LogP contribution in [0.3, 0.4) is 0 Å². The highest BCUT2D eigenvalue weighted by atomic mass is 35.5. The van der Waals surface area contributed by atoms with Gasteiger partial charge in [0.05, 0.1) is 5.56 Å². The van der Waals surface area contributed by atoms with Gasteiger partial charge in [-0.1, -0.05) is 50.1 Å². The van der Waals surface area contributed by atoms with Crippen LogP contribution in [0.1, 0.15) is 63.1 Å². The Kier molecular flexibility index (Phi) is 5.50. The van der Waals surface area contributed by atoms with Crippen molar-refractivity contribution < 1.29 is 13.2 Å². The van der Waals surface area contributed by atoms with Crippen LogP contribution in [0, 0.1) is 11.8 Å². The number of halogens is 4. The minimum Gasteiger partial charge on any atom is -0.166 e. The zero-order valence-electron chi connectivity index (χ0n) is 14.1. The fourth-order valence-electron chi connectivity index (χ4n) is 3.63. The van der Waals surface area contributed by atoms with Crippen molar-refractivity contribution in [3.63, 3.8) is 0 Å². The molecule has 0 N–H and O–H groups in total. The summed E-state index contributed by atoms with van der Waals surface area (Å²) in [5.41, 5.74) is 1.80. The number of benzene rings is 1. The zero-order chi connectivity index (χ0) is 17.4. The topological polar surface area (TPSA) is 0 Å². The fourth-order valence-corrected chi connectivity index (χ4v) is 3.90. The summed E-state index contributed by atoms with van der Waals surface area (Å²) in [5, 5.41) is 0.817. The number of alkyl halides is 3. The average molecular weight is 345 g/mol. The molecule has 0 bridgehead atoms. The van der Waals surface area contributed by atoms with Gasteiger partial charge in [-0.3, -0.25) is 0 Å². The standard InChI is InChI=1S/C19H24ClF3/c1-11(2)16-10-18(20)12(3)8-9-15-14(13(16)4)6-5-7-17(15)19(21,22)23/h5-7,11,13,16H,8-10H2,1-4H3. The summed E-state index contributed by atoms with van der Waals surface area (Å²) < 4.78 is 40.3. The molecule has 0 saturated heterocycles. The van der Waals surface area contributed by atoms with Crippen LogP contribution in [0.5, 0.6) is 0 Å². The van der Waals surface area contributed by atoms with Crippen molar-refractivity contribution in [2.45, 2.75) is 59.1 Å². The van der Waals surface area contributed by atoms with E-state index in [4.69, 9.17) is 11.6 Å². The molecule has 1 aromatic rings. The molecule has 0 amide bonds. The van der Waals surface area contributed by atoms with Crippen LogP contribution < -0.4 is 0 Å². The maximum atomic E-state index is 13.4. The smallest absolute Gasteiger partial charge is 0.166 e. The summed E-state index contributed by atoms with van der Waals surface area (Å²) in [6.45, 7) is 8.21. The van der Waals surface area contributed by atoms with Crippen molar-refractivity contribution in [2.75, 3.05) is 0 Å². The molecular weight excluding hydrogens is 321 g/mol. The maximum absolute atomic E-state index is 13.4. The van der Waals surface area contributed by atoms with Gasteiger partial charge in [0.2, 0.25) is 0 Å². The second-order valence-corrected chi connectivity index (χ2v) is 7.41. The van der Waals surface area contributed by atoms with Gasteiger partial charge in [0.15, 0.2) is 0 Å². The first kappa shape index (κ1) is 18.4. The molecule has 0 aliphatic heterocycles. The number of rotatable bonds is 1. The molecule has 2 unspecified atom stereocenters. The van der Waals surface area contributed by atoms with Crippen LogP contribution in [0.4, 0.5) is 13.2 Å². The molecule has 0 saturated carbocycles. The SMILES string of the molecule is CC1=C(Cl)CC(C(C)C)C(C)c2cccc(C(F)(F)F)c2CC1. The minimum atomic E-state index is -4.31. The van der Waals surface area contributed by atoms with Crippen LogP contribution in [-0.4, -0.2) is 0 Å². The molecule has 0 fully saturated rings. The molecule has 1 aromatic carbocycles. The Hall–Kier alpha value is -0.960. The van der Waals surface area contributed by atoms with E-state index in [9.17, 15) is 13.2 Å². The Morgan fingerprint density at radius 2 is 1.83 bits per heavy atom. The third kappa shape index (κ3) is 3.93. The van der Waals surface area contributed by atoms with Gasteiger partial charge in [-0.2, -0.15) is 13.2 Å². The molecule has 0 aromatic heterocycles. The summed E-state index contributed by atoms with van der Waals surface area (Å²) in [6.07, 6.45) is -2.60. The number of fused-ring (bicyclic) bond motifs is 1. The van der Waals surface area contributed by atoms with Gasteiger partial charge in [0, 0.05) is 5.03 Å². The van der Waals surface area contributed by atoms with Gasteiger partial charge in [-0.15, -0.1) is 0 Å². The quantitative estimate of drug-likeness (QED) is 0.518. The molecule has 2 rings (SSSR count). The first-order valence-corrected chi connectivity index (χ1v) is 8.53. The normalized spacial score (nSPS) is 23.3. The average Bonchev–Trinajstić information content (AvgIpc) is 2.50. The number of hydrogen-bond donors (Lipinski definition) is 0. The summed E-state index contributed by atoms with van der Waals surface area (Å²) in [6, 6.07) is 4.60. The second-order valence-electron chi connectivity index (χ2n) is 6.96. The second kappa shape index (κ2) is 6.88. The van der Waals surface area contributed by atoms with Crippen LogP contribution >= 0.6 is 11.6 Å². The summed E-state index contributed by atoms with van der Waals surface area (Å²) in [7, 11) is 0. The van der Waals surface area contributed by atoms with Crippen LogP contribution in [0.15, 0.2) is 28.8 Å². The Balaban J connectivity index is 2.62. The molecular formula is C19H24ClF3. The summed E-state index contributed by atoms with van der Waals surface area (Å²) in [5.74, 6) is 0.636. The van der Waals surface area contributed by atoms with Crippen LogP contribution in [-0.2, 0) is 12.6 Å². The van der Waals surface area contributed by atoms with Gasteiger partial charge in [0.25, 0.3) is 0 Å². The number of allylic oxidation sites excluding steroid dienone is 2. The largest absolute Gasteiger partial charge is 0.416 e.